The minimum atomic E-state index is -0.263. The molecule has 0 saturated heterocycles. The van der Waals surface area contributed by atoms with Crippen LogP contribution in [0.5, 0.6) is 0 Å². The van der Waals surface area contributed by atoms with Gasteiger partial charge in [0.15, 0.2) is 0 Å². The van der Waals surface area contributed by atoms with E-state index in [0.29, 0.717) is 18.1 Å². The Balaban J connectivity index is 1.99. The van der Waals surface area contributed by atoms with Crippen molar-refractivity contribution in [2.75, 3.05) is 6.61 Å². The average Bonchev–Trinajstić information content (AvgIpc) is 3.20. The number of hydrogen-bond donors (Lipinski definition) is 0. The summed E-state index contributed by atoms with van der Waals surface area (Å²) in [6, 6.07) is 5.80. The highest BCUT2D eigenvalue weighted by Crippen LogP contribution is 2.42. The minimum absolute atomic E-state index is 0.263. The van der Waals surface area contributed by atoms with Crippen LogP contribution in [0.3, 0.4) is 0 Å². The molecule has 0 N–H and O–H groups in total. The molecule has 3 nitrogen and oxygen atoms in total. The number of carbonyl (C=O) groups excluding carboxylic acids is 1. The SMILES string of the molecule is CCOC(=O)c1ccc(-c2cc(Br)cs2)nc1C1CC1. The van der Waals surface area contributed by atoms with Gasteiger partial charge in [-0.15, -0.1) is 11.3 Å². The maximum Gasteiger partial charge on any atom is 0.339 e. The Bertz CT molecular complexity index is 649. The van der Waals surface area contributed by atoms with E-state index in [2.05, 4.69) is 15.9 Å². The van der Waals surface area contributed by atoms with Crippen LogP contribution in [-0.2, 0) is 4.74 Å². The molecule has 0 aliphatic heterocycles. The first-order valence-electron chi connectivity index (χ1n) is 6.61. The van der Waals surface area contributed by atoms with Crippen molar-refractivity contribution in [3.63, 3.8) is 0 Å². The third kappa shape index (κ3) is 2.79. The zero-order chi connectivity index (χ0) is 14.1. The van der Waals surface area contributed by atoms with E-state index in [9.17, 15) is 4.79 Å². The lowest BCUT2D eigenvalue weighted by atomic mass is 10.1. The Labute approximate surface area is 130 Å². The van der Waals surface area contributed by atoms with Crippen LogP contribution in [0.25, 0.3) is 10.6 Å². The molecule has 1 aliphatic carbocycles. The number of pyridine rings is 1. The summed E-state index contributed by atoms with van der Waals surface area (Å²) in [5.74, 6) is 0.151. The molecule has 0 amide bonds. The molecule has 0 radical (unpaired) electrons. The predicted octanol–water partition coefficient (Wildman–Crippen LogP) is 4.63. The fraction of sp³-hybridized carbons (Fsp3) is 0.333. The fourth-order valence-electron chi connectivity index (χ4n) is 2.11. The number of thiophene rings is 1. The van der Waals surface area contributed by atoms with E-state index in [1.54, 1.807) is 11.3 Å². The molecule has 0 unspecified atom stereocenters. The van der Waals surface area contributed by atoms with Crippen LogP contribution in [0.2, 0.25) is 0 Å². The standard InChI is InChI=1S/C15H14BrNO2S/c1-2-19-15(18)11-5-6-12(13-7-10(16)8-20-13)17-14(11)9-3-4-9/h5-9H,2-4H2,1H3. The number of esters is 1. The molecule has 0 spiro atoms. The molecule has 2 aromatic heterocycles. The van der Waals surface area contributed by atoms with Crippen molar-refractivity contribution >= 4 is 33.2 Å². The maximum absolute atomic E-state index is 12.0. The predicted molar refractivity (Wildman–Crippen MR) is 83.2 cm³/mol. The lowest BCUT2D eigenvalue weighted by molar-refractivity contribution is 0.0524. The van der Waals surface area contributed by atoms with E-state index in [1.165, 1.54) is 0 Å². The monoisotopic (exact) mass is 351 g/mol. The van der Waals surface area contributed by atoms with Crippen LogP contribution >= 0.6 is 27.3 Å². The molecule has 5 heteroatoms. The molecule has 0 aromatic carbocycles. The first-order valence-corrected chi connectivity index (χ1v) is 8.28. The Hall–Kier alpha value is -1.20. The summed E-state index contributed by atoms with van der Waals surface area (Å²) in [7, 11) is 0. The summed E-state index contributed by atoms with van der Waals surface area (Å²) in [5.41, 5.74) is 2.44. The third-order valence-corrected chi connectivity index (χ3v) is 4.92. The van der Waals surface area contributed by atoms with Gasteiger partial charge in [-0.2, -0.15) is 0 Å². The van der Waals surface area contributed by atoms with Crippen LogP contribution in [0, 0.1) is 0 Å². The third-order valence-electron chi connectivity index (χ3n) is 3.20. The van der Waals surface area contributed by atoms with Crippen molar-refractivity contribution < 1.29 is 9.53 Å². The summed E-state index contributed by atoms with van der Waals surface area (Å²) < 4.78 is 6.17. The smallest absolute Gasteiger partial charge is 0.339 e. The summed E-state index contributed by atoms with van der Waals surface area (Å²) in [4.78, 5) is 17.8. The van der Waals surface area contributed by atoms with Gasteiger partial charge in [-0.05, 0) is 53.9 Å². The molecular formula is C15H14BrNO2S. The number of rotatable bonds is 4. The molecule has 20 heavy (non-hydrogen) atoms. The summed E-state index contributed by atoms with van der Waals surface area (Å²) in [6.45, 7) is 2.21. The largest absolute Gasteiger partial charge is 0.462 e. The van der Waals surface area contributed by atoms with Gasteiger partial charge < -0.3 is 4.74 Å². The number of hydrogen-bond acceptors (Lipinski definition) is 4. The van der Waals surface area contributed by atoms with Gasteiger partial charge in [0.2, 0.25) is 0 Å². The van der Waals surface area contributed by atoms with Crippen molar-refractivity contribution in [2.24, 2.45) is 0 Å². The van der Waals surface area contributed by atoms with E-state index in [-0.39, 0.29) is 5.97 Å². The van der Waals surface area contributed by atoms with Gasteiger partial charge in [-0.3, -0.25) is 4.98 Å². The van der Waals surface area contributed by atoms with Gasteiger partial charge in [0, 0.05) is 15.8 Å². The van der Waals surface area contributed by atoms with Crippen molar-refractivity contribution in [2.45, 2.75) is 25.7 Å². The van der Waals surface area contributed by atoms with E-state index in [0.717, 1.165) is 33.6 Å². The van der Waals surface area contributed by atoms with E-state index >= 15 is 0 Å². The number of aromatic nitrogens is 1. The summed E-state index contributed by atoms with van der Waals surface area (Å²) in [5, 5.41) is 2.03. The second kappa shape index (κ2) is 5.66. The molecule has 2 aromatic rings. The van der Waals surface area contributed by atoms with E-state index in [4.69, 9.17) is 9.72 Å². The quantitative estimate of drug-likeness (QED) is 0.754. The van der Waals surface area contributed by atoms with Crippen molar-refractivity contribution in [3.05, 3.63) is 39.3 Å². The number of halogens is 1. The van der Waals surface area contributed by atoms with Gasteiger partial charge in [-0.25, -0.2) is 4.79 Å². The van der Waals surface area contributed by atoms with Crippen molar-refractivity contribution in [1.29, 1.82) is 0 Å². The second-order valence-corrected chi connectivity index (χ2v) is 6.58. The highest BCUT2D eigenvalue weighted by Gasteiger charge is 2.30. The highest BCUT2D eigenvalue weighted by atomic mass is 79.9. The van der Waals surface area contributed by atoms with Gasteiger partial charge >= 0.3 is 5.97 Å². The molecule has 1 fully saturated rings. The average molecular weight is 352 g/mol. The normalized spacial score (nSPS) is 14.3. The Morgan fingerprint density at radius 3 is 2.90 bits per heavy atom. The Kier molecular flexibility index (Phi) is 3.89. The van der Waals surface area contributed by atoms with Gasteiger partial charge in [0.1, 0.15) is 0 Å². The molecule has 0 atom stereocenters. The molecule has 104 valence electrons. The molecule has 2 heterocycles. The van der Waals surface area contributed by atoms with Crippen LogP contribution < -0.4 is 0 Å². The van der Waals surface area contributed by atoms with E-state index < -0.39 is 0 Å². The lowest BCUT2D eigenvalue weighted by Crippen LogP contribution is -2.09. The van der Waals surface area contributed by atoms with Gasteiger partial charge in [0.05, 0.1) is 28.4 Å². The topological polar surface area (TPSA) is 39.2 Å². The molecule has 3 rings (SSSR count). The summed E-state index contributed by atoms with van der Waals surface area (Å²) >= 11 is 5.10. The van der Waals surface area contributed by atoms with Gasteiger partial charge in [-0.1, -0.05) is 0 Å². The van der Waals surface area contributed by atoms with E-state index in [1.807, 2.05) is 30.5 Å². The van der Waals surface area contributed by atoms with Crippen LogP contribution in [0.4, 0.5) is 0 Å². The second-order valence-electron chi connectivity index (χ2n) is 4.75. The number of ether oxygens (including phenoxy) is 1. The fourth-order valence-corrected chi connectivity index (χ4v) is 3.51. The van der Waals surface area contributed by atoms with Crippen LogP contribution in [0.1, 0.15) is 41.7 Å². The molecule has 1 saturated carbocycles. The van der Waals surface area contributed by atoms with Crippen LogP contribution in [-0.4, -0.2) is 17.6 Å². The zero-order valence-electron chi connectivity index (χ0n) is 11.1. The maximum atomic E-state index is 12.0. The zero-order valence-corrected chi connectivity index (χ0v) is 13.5. The Morgan fingerprint density at radius 1 is 1.50 bits per heavy atom. The lowest BCUT2D eigenvalue weighted by Gasteiger charge is -2.09. The first kappa shape index (κ1) is 13.8. The number of carbonyl (C=O) groups is 1. The highest BCUT2D eigenvalue weighted by molar-refractivity contribution is 9.10. The first-order chi connectivity index (χ1) is 9.69. The van der Waals surface area contributed by atoms with Crippen molar-refractivity contribution in [3.8, 4) is 10.6 Å². The summed E-state index contributed by atoms with van der Waals surface area (Å²) in [6.07, 6.45) is 2.22. The minimum Gasteiger partial charge on any atom is -0.462 e. The van der Waals surface area contributed by atoms with Crippen molar-refractivity contribution in [1.82, 2.24) is 4.98 Å². The molecular weight excluding hydrogens is 338 g/mol. The van der Waals surface area contributed by atoms with Gasteiger partial charge in [0.25, 0.3) is 0 Å². The molecule has 0 bridgehead atoms. The molecule has 1 aliphatic rings. The number of nitrogens with zero attached hydrogens (tertiary/aromatic N) is 1. The Morgan fingerprint density at radius 2 is 2.30 bits per heavy atom. The van der Waals surface area contributed by atoms with Crippen LogP contribution in [0.15, 0.2) is 28.1 Å².